The van der Waals surface area contributed by atoms with E-state index in [9.17, 15) is 22.8 Å². The number of ether oxygens (including phenoxy) is 2. The number of carbonyl (C=O) groups excluding carboxylic acids is 2. The minimum Gasteiger partial charge on any atom is -0.458 e. The lowest BCUT2D eigenvalue weighted by Gasteiger charge is -2.35. The average Bonchev–Trinajstić information content (AvgIpc) is 2.82. The lowest BCUT2D eigenvalue weighted by atomic mass is 10.1. The van der Waals surface area contributed by atoms with Crippen molar-refractivity contribution >= 4 is 17.6 Å². The third-order valence-corrected chi connectivity index (χ3v) is 5.49. The van der Waals surface area contributed by atoms with E-state index in [1.165, 1.54) is 18.2 Å². The highest BCUT2D eigenvalue weighted by molar-refractivity contribution is 5.82. The first kappa shape index (κ1) is 25.5. The number of piperazine rings is 1. The van der Waals surface area contributed by atoms with Gasteiger partial charge in [0, 0.05) is 50.8 Å². The largest absolute Gasteiger partial charge is 0.573 e. The number of hydrogen-bond acceptors (Lipinski definition) is 7. The number of nitrogens with zero attached hydrogens (tertiary/aromatic N) is 3. The molecule has 1 aliphatic heterocycles. The molecular weight excluding hydrogens is 451 g/mol. The summed E-state index contributed by atoms with van der Waals surface area (Å²) in [7, 11) is 0. The zero-order valence-electron chi connectivity index (χ0n) is 19.0. The van der Waals surface area contributed by atoms with Crippen molar-refractivity contribution in [3.8, 4) is 16.9 Å². The molecule has 0 radical (unpaired) electrons. The zero-order valence-corrected chi connectivity index (χ0v) is 19.0. The second kappa shape index (κ2) is 11.8. The van der Waals surface area contributed by atoms with Crippen LogP contribution in [0.2, 0.25) is 0 Å². The molecule has 1 aliphatic rings. The van der Waals surface area contributed by atoms with Crippen LogP contribution in [-0.2, 0) is 14.3 Å². The molecule has 1 saturated heterocycles. The van der Waals surface area contributed by atoms with Gasteiger partial charge in [0.25, 0.3) is 0 Å². The van der Waals surface area contributed by atoms with Crippen LogP contribution in [0.1, 0.15) is 26.2 Å². The summed E-state index contributed by atoms with van der Waals surface area (Å²) in [5.74, 6) is 0.0958. The Bertz CT molecular complexity index is 959. The van der Waals surface area contributed by atoms with E-state index in [1.54, 1.807) is 19.2 Å². The highest BCUT2D eigenvalue weighted by Crippen LogP contribution is 2.28. The van der Waals surface area contributed by atoms with Gasteiger partial charge in [-0.15, -0.1) is 13.2 Å². The maximum absolute atomic E-state index is 12.5. The highest BCUT2D eigenvalue weighted by atomic mass is 19.4. The Morgan fingerprint density at radius 3 is 2.47 bits per heavy atom. The van der Waals surface area contributed by atoms with E-state index in [1.807, 2.05) is 12.1 Å². The molecule has 1 fully saturated rings. The molecule has 0 unspecified atom stereocenters. The minimum atomic E-state index is -4.73. The second-order valence-electron chi connectivity index (χ2n) is 7.97. The first-order chi connectivity index (χ1) is 16.2. The van der Waals surface area contributed by atoms with Crippen molar-refractivity contribution < 1.29 is 32.2 Å². The van der Waals surface area contributed by atoms with E-state index < -0.39 is 6.36 Å². The third-order valence-electron chi connectivity index (χ3n) is 5.49. The van der Waals surface area contributed by atoms with Crippen molar-refractivity contribution in [1.82, 2.24) is 9.88 Å². The number of aromatic nitrogens is 1. The fourth-order valence-corrected chi connectivity index (χ4v) is 3.60. The Labute approximate surface area is 196 Å². The maximum Gasteiger partial charge on any atom is 0.573 e. The predicted octanol–water partition coefficient (Wildman–Crippen LogP) is 4.07. The minimum absolute atomic E-state index is 0.0879. The van der Waals surface area contributed by atoms with Crippen LogP contribution in [0, 0.1) is 0 Å². The molecule has 2 heterocycles. The SMILES string of the molecule is CCC(=O)COC(=O)CCCN1CCN(c2ccc(-c3cccc(OC(F)(F)F)c3)cn2)CC1. The Morgan fingerprint density at radius 1 is 1.06 bits per heavy atom. The fourth-order valence-electron chi connectivity index (χ4n) is 3.60. The quantitative estimate of drug-likeness (QED) is 0.476. The normalized spacial score (nSPS) is 14.6. The molecule has 10 heteroatoms. The first-order valence-corrected chi connectivity index (χ1v) is 11.2. The van der Waals surface area contributed by atoms with Crippen LogP contribution in [0.3, 0.4) is 0 Å². The number of esters is 1. The lowest BCUT2D eigenvalue weighted by molar-refractivity contribution is -0.274. The molecule has 0 spiro atoms. The molecule has 0 saturated carbocycles. The highest BCUT2D eigenvalue weighted by Gasteiger charge is 2.31. The number of benzene rings is 1. The van der Waals surface area contributed by atoms with Crippen LogP contribution in [0.5, 0.6) is 5.75 Å². The molecule has 0 bridgehead atoms. The number of alkyl halides is 3. The molecule has 7 nitrogen and oxygen atoms in total. The summed E-state index contributed by atoms with van der Waals surface area (Å²) in [5.41, 5.74) is 1.28. The number of ketones is 1. The van der Waals surface area contributed by atoms with Crippen molar-refractivity contribution in [2.75, 3.05) is 44.2 Å². The van der Waals surface area contributed by atoms with Crippen LogP contribution >= 0.6 is 0 Å². The molecule has 3 rings (SSSR count). The number of rotatable bonds is 10. The number of Topliss-reactive ketones (excluding diaryl/α,β-unsaturated/α-hetero) is 1. The molecule has 1 aromatic carbocycles. The van der Waals surface area contributed by atoms with Crippen LogP contribution in [-0.4, -0.2) is 67.3 Å². The summed E-state index contributed by atoms with van der Waals surface area (Å²) in [5, 5.41) is 0. The predicted molar refractivity (Wildman–Crippen MR) is 121 cm³/mol. The first-order valence-electron chi connectivity index (χ1n) is 11.2. The molecular formula is C24H28F3N3O4. The molecule has 0 aliphatic carbocycles. The van der Waals surface area contributed by atoms with Gasteiger partial charge >= 0.3 is 12.3 Å². The fraction of sp³-hybridized carbons (Fsp3) is 0.458. The second-order valence-corrected chi connectivity index (χ2v) is 7.97. The van der Waals surface area contributed by atoms with E-state index >= 15 is 0 Å². The van der Waals surface area contributed by atoms with E-state index in [2.05, 4.69) is 19.5 Å². The number of pyridine rings is 1. The Morgan fingerprint density at radius 2 is 1.82 bits per heavy atom. The maximum atomic E-state index is 12.5. The van der Waals surface area contributed by atoms with Gasteiger partial charge in [0.15, 0.2) is 5.78 Å². The van der Waals surface area contributed by atoms with Gasteiger partial charge in [0.05, 0.1) is 0 Å². The van der Waals surface area contributed by atoms with Gasteiger partial charge in [0.2, 0.25) is 0 Å². The summed E-state index contributed by atoms with van der Waals surface area (Å²) >= 11 is 0. The zero-order chi connectivity index (χ0) is 24.6. The Balaban J connectivity index is 1.44. The van der Waals surface area contributed by atoms with Crippen molar-refractivity contribution in [2.45, 2.75) is 32.5 Å². The molecule has 0 N–H and O–H groups in total. The molecule has 1 aromatic heterocycles. The van der Waals surface area contributed by atoms with Crippen molar-refractivity contribution in [2.24, 2.45) is 0 Å². The summed E-state index contributed by atoms with van der Waals surface area (Å²) in [6.45, 7) is 5.55. The van der Waals surface area contributed by atoms with E-state index in [4.69, 9.17) is 4.74 Å². The molecule has 184 valence electrons. The summed E-state index contributed by atoms with van der Waals surface area (Å²) in [4.78, 5) is 31.8. The number of hydrogen-bond donors (Lipinski definition) is 0. The van der Waals surface area contributed by atoms with Crippen LogP contribution in [0.15, 0.2) is 42.6 Å². The van der Waals surface area contributed by atoms with E-state index in [0.717, 1.165) is 38.5 Å². The monoisotopic (exact) mass is 479 g/mol. The lowest BCUT2D eigenvalue weighted by Crippen LogP contribution is -2.47. The van der Waals surface area contributed by atoms with Gasteiger partial charge in [-0.1, -0.05) is 19.1 Å². The number of carbonyl (C=O) groups is 2. The Kier molecular flexibility index (Phi) is 8.86. The standard InChI is InChI=1S/C24H28F3N3O4/c1-2-20(31)17-33-23(32)7-4-10-29-11-13-30(14-12-29)22-9-8-19(16-28-22)18-5-3-6-21(15-18)34-24(25,26)27/h3,5-6,8-9,15-16H,2,4,7,10-14,17H2,1H3. The van der Waals surface area contributed by atoms with Crippen molar-refractivity contribution in [3.05, 3.63) is 42.6 Å². The molecule has 34 heavy (non-hydrogen) atoms. The van der Waals surface area contributed by atoms with Gasteiger partial charge in [0.1, 0.15) is 18.2 Å². The topological polar surface area (TPSA) is 72.0 Å². The van der Waals surface area contributed by atoms with Gasteiger partial charge in [-0.2, -0.15) is 0 Å². The average molecular weight is 479 g/mol. The van der Waals surface area contributed by atoms with Gasteiger partial charge in [-0.3, -0.25) is 14.5 Å². The summed E-state index contributed by atoms with van der Waals surface area (Å²) in [6, 6.07) is 9.49. The van der Waals surface area contributed by atoms with Gasteiger partial charge in [-0.25, -0.2) is 4.98 Å². The molecule has 2 aromatic rings. The van der Waals surface area contributed by atoms with Gasteiger partial charge in [-0.05, 0) is 42.8 Å². The number of anilines is 1. The van der Waals surface area contributed by atoms with Crippen molar-refractivity contribution in [1.29, 1.82) is 0 Å². The van der Waals surface area contributed by atoms with Crippen LogP contribution < -0.4 is 9.64 Å². The van der Waals surface area contributed by atoms with Gasteiger partial charge < -0.3 is 14.4 Å². The third kappa shape index (κ3) is 8.02. The molecule has 0 atom stereocenters. The summed E-state index contributed by atoms with van der Waals surface area (Å²) < 4.78 is 46.3. The van der Waals surface area contributed by atoms with Crippen LogP contribution in [0.4, 0.5) is 19.0 Å². The Hall–Kier alpha value is -3.14. The number of halogens is 3. The van der Waals surface area contributed by atoms with E-state index in [-0.39, 0.29) is 30.5 Å². The molecule has 0 amide bonds. The van der Waals surface area contributed by atoms with Crippen molar-refractivity contribution in [3.63, 3.8) is 0 Å². The van der Waals surface area contributed by atoms with Crippen LogP contribution in [0.25, 0.3) is 11.1 Å². The smallest absolute Gasteiger partial charge is 0.458 e. The summed E-state index contributed by atoms with van der Waals surface area (Å²) in [6.07, 6.45) is -1.78. The van der Waals surface area contributed by atoms with E-state index in [0.29, 0.717) is 24.0 Å².